The van der Waals surface area contributed by atoms with Gasteiger partial charge >= 0.3 is 0 Å². The largest absolute Gasteiger partial charge is 0.497 e. The van der Waals surface area contributed by atoms with Crippen molar-refractivity contribution in [3.8, 4) is 5.75 Å². The summed E-state index contributed by atoms with van der Waals surface area (Å²) in [6, 6.07) is 13.6. The number of imide groups is 1. The summed E-state index contributed by atoms with van der Waals surface area (Å²) in [4.78, 5) is 38.4. The van der Waals surface area contributed by atoms with Crippen molar-refractivity contribution in [2.24, 2.45) is 0 Å². The highest BCUT2D eigenvalue weighted by Crippen LogP contribution is 2.32. The minimum Gasteiger partial charge on any atom is -0.497 e. The molecule has 2 aromatic rings. The molecule has 2 N–H and O–H groups in total. The predicted molar refractivity (Wildman–Crippen MR) is 111 cm³/mol. The van der Waals surface area contributed by atoms with Crippen LogP contribution in [0.15, 0.2) is 54.2 Å². The molecule has 0 aliphatic carbocycles. The monoisotopic (exact) mass is 393 g/mol. The lowest BCUT2D eigenvalue weighted by Crippen LogP contribution is -2.38. The van der Waals surface area contributed by atoms with Crippen molar-refractivity contribution in [3.63, 3.8) is 0 Å². The molecule has 2 aromatic carbocycles. The van der Waals surface area contributed by atoms with Gasteiger partial charge in [-0.25, -0.2) is 0 Å². The number of hydrogen-bond donors (Lipinski definition) is 2. The third-order valence-electron chi connectivity index (χ3n) is 4.49. The number of rotatable bonds is 6. The zero-order valence-corrected chi connectivity index (χ0v) is 16.8. The highest BCUT2D eigenvalue weighted by Gasteiger charge is 2.40. The highest BCUT2D eigenvalue weighted by atomic mass is 16.5. The van der Waals surface area contributed by atoms with Crippen LogP contribution >= 0.6 is 0 Å². The normalized spacial score (nSPS) is 13.9. The van der Waals surface area contributed by atoms with E-state index >= 15 is 0 Å². The van der Waals surface area contributed by atoms with Crippen LogP contribution in [0.4, 0.5) is 11.4 Å². The second-order valence-corrected chi connectivity index (χ2v) is 6.94. The summed E-state index contributed by atoms with van der Waals surface area (Å²) in [7, 11) is 1.57. The molecule has 3 rings (SSSR count). The minimum atomic E-state index is -0.373. The Labute approximate surface area is 169 Å². The number of nitrogens with one attached hydrogen (secondary N) is 2. The molecule has 0 radical (unpaired) electrons. The summed E-state index contributed by atoms with van der Waals surface area (Å²) in [5, 5.41) is 5.78. The molecule has 1 aliphatic rings. The standard InChI is InChI=1S/C22H23N3O4/c1-13(2)25-21(27)19(15-5-11-18(29-4)12-6-15)20(22(25)28)24-17-9-7-16(8-10-17)23-14(3)26/h5-13,24H,1-4H3,(H,23,26). The summed E-state index contributed by atoms with van der Waals surface area (Å²) in [5.41, 5.74) is 2.44. The Kier molecular flexibility index (Phi) is 5.68. The molecule has 0 fully saturated rings. The van der Waals surface area contributed by atoms with Crippen molar-refractivity contribution in [2.45, 2.75) is 26.8 Å². The number of methoxy groups -OCH3 is 1. The van der Waals surface area contributed by atoms with Gasteiger partial charge in [-0.15, -0.1) is 0 Å². The van der Waals surface area contributed by atoms with Gasteiger partial charge in [0.15, 0.2) is 0 Å². The van der Waals surface area contributed by atoms with Gasteiger partial charge in [0, 0.05) is 24.3 Å². The van der Waals surface area contributed by atoms with Crippen molar-refractivity contribution in [2.75, 3.05) is 17.7 Å². The summed E-state index contributed by atoms with van der Waals surface area (Å²) in [5.74, 6) is -0.219. The summed E-state index contributed by atoms with van der Waals surface area (Å²) in [6.45, 7) is 5.03. The smallest absolute Gasteiger partial charge is 0.278 e. The molecule has 0 aromatic heterocycles. The average Bonchev–Trinajstić information content (AvgIpc) is 2.93. The van der Waals surface area contributed by atoms with Gasteiger partial charge in [0.05, 0.1) is 12.7 Å². The van der Waals surface area contributed by atoms with E-state index in [1.54, 1.807) is 69.5 Å². The SMILES string of the molecule is COc1ccc(C2=C(Nc3ccc(NC(C)=O)cc3)C(=O)N(C(C)C)C2=O)cc1. The van der Waals surface area contributed by atoms with Gasteiger partial charge in [-0.1, -0.05) is 12.1 Å². The van der Waals surface area contributed by atoms with E-state index in [0.717, 1.165) is 0 Å². The van der Waals surface area contributed by atoms with Crippen LogP contribution in [-0.4, -0.2) is 35.8 Å². The number of ether oxygens (including phenoxy) is 1. The van der Waals surface area contributed by atoms with Gasteiger partial charge in [0.2, 0.25) is 5.91 Å². The molecule has 1 heterocycles. The minimum absolute atomic E-state index is 0.167. The van der Waals surface area contributed by atoms with Gasteiger partial charge in [-0.05, 0) is 55.8 Å². The Morgan fingerprint density at radius 1 is 0.931 bits per heavy atom. The Morgan fingerprint density at radius 3 is 2.03 bits per heavy atom. The topological polar surface area (TPSA) is 87.7 Å². The van der Waals surface area contributed by atoms with E-state index in [1.807, 2.05) is 0 Å². The second-order valence-electron chi connectivity index (χ2n) is 6.94. The molecule has 0 saturated carbocycles. The van der Waals surface area contributed by atoms with Crippen LogP contribution in [0.2, 0.25) is 0 Å². The average molecular weight is 393 g/mol. The number of benzene rings is 2. The molecule has 0 saturated heterocycles. The van der Waals surface area contributed by atoms with Crippen molar-refractivity contribution in [1.82, 2.24) is 4.90 Å². The molecule has 7 nitrogen and oxygen atoms in total. The molecule has 29 heavy (non-hydrogen) atoms. The molecule has 0 bridgehead atoms. The van der Waals surface area contributed by atoms with Crippen molar-refractivity contribution >= 4 is 34.7 Å². The molecular formula is C22H23N3O4. The Morgan fingerprint density at radius 2 is 1.52 bits per heavy atom. The first-order valence-corrected chi connectivity index (χ1v) is 9.23. The van der Waals surface area contributed by atoms with E-state index in [9.17, 15) is 14.4 Å². The summed E-state index contributed by atoms with van der Waals surface area (Å²) in [6.07, 6.45) is 0. The molecule has 0 unspecified atom stereocenters. The van der Waals surface area contributed by atoms with Gasteiger partial charge in [0.1, 0.15) is 11.4 Å². The van der Waals surface area contributed by atoms with Crippen LogP contribution in [-0.2, 0) is 14.4 Å². The van der Waals surface area contributed by atoms with E-state index in [-0.39, 0.29) is 29.5 Å². The van der Waals surface area contributed by atoms with Crippen LogP contribution < -0.4 is 15.4 Å². The van der Waals surface area contributed by atoms with Gasteiger partial charge in [0.25, 0.3) is 11.8 Å². The Hall–Kier alpha value is -3.61. The molecule has 0 atom stereocenters. The third kappa shape index (κ3) is 4.13. The first kappa shape index (κ1) is 20.1. The predicted octanol–water partition coefficient (Wildman–Crippen LogP) is 3.25. The van der Waals surface area contributed by atoms with E-state index in [4.69, 9.17) is 4.74 Å². The van der Waals surface area contributed by atoms with Gasteiger partial charge in [-0.2, -0.15) is 0 Å². The maximum atomic E-state index is 13.0. The van der Waals surface area contributed by atoms with Crippen LogP contribution in [0.5, 0.6) is 5.75 Å². The number of nitrogens with zero attached hydrogens (tertiary/aromatic N) is 1. The molecule has 7 heteroatoms. The fraction of sp³-hybridized carbons (Fsp3) is 0.227. The molecule has 150 valence electrons. The quantitative estimate of drug-likeness (QED) is 0.736. The molecule has 0 spiro atoms. The number of amides is 3. The first-order valence-electron chi connectivity index (χ1n) is 9.23. The number of anilines is 2. The first-order chi connectivity index (χ1) is 13.8. The Bertz CT molecular complexity index is 976. The van der Waals surface area contributed by atoms with E-state index < -0.39 is 0 Å². The molecule has 3 amide bonds. The fourth-order valence-electron chi connectivity index (χ4n) is 3.14. The fourth-order valence-corrected chi connectivity index (χ4v) is 3.14. The lowest BCUT2D eigenvalue weighted by molar-refractivity contribution is -0.138. The zero-order chi connectivity index (χ0) is 21.1. The zero-order valence-electron chi connectivity index (χ0n) is 16.8. The van der Waals surface area contributed by atoms with E-state index in [1.165, 1.54) is 11.8 Å². The summed E-state index contributed by atoms with van der Waals surface area (Å²) >= 11 is 0. The van der Waals surface area contributed by atoms with Crippen molar-refractivity contribution in [1.29, 1.82) is 0 Å². The Balaban J connectivity index is 1.99. The summed E-state index contributed by atoms with van der Waals surface area (Å²) < 4.78 is 5.18. The lowest BCUT2D eigenvalue weighted by atomic mass is 10.0. The van der Waals surface area contributed by atoms with Crippen molar-refractivity contribution < 1.29 is 19.1 Å². The van der Waals surface area contributed by atoms with Crippen molar-refractivity contribution in [3.05, 3.63) is 59.8 Å². The maximum Gasteiger partial charge on any atom is 0.278 e. The number of hydrogen-bond acceptors (Lipinski definition) is 5. The van der Waals surface area contributed by atoms with E-state index in [2.05, 4.69) is 10.6 Å². The van der Waals surface area contributed by atoms with E-state index in [0.29, 0.717) is 28.3 Å². The molecular weight excluding hydrogens is 370 g/mol. The highest BCUT2D eigenvalue weighted by molar-refractivity contribution is 6.36. The van der Waals surface area contributed by atoms with Crippen LogP contribution in [0.25, 0.3) is 5.57 Å². The number of carbonyl (C=O) groups excluding carboxylic acids is 3. The van der Waals surface area contributed by atoms with Crippen LogP contribution in [0, 0.1) is 0 Å². The van der Waals surface area contributed by atoms with Gasteiger partial charge in [-0.3, -0.25) is 19.3 Å². The molecule has 1 aliphatic heterocycles. The number of carbonyl (C=O) groups is 3. The van der Waals surface area contributed by atoms with Crippen LogP contribution in [0.1, 0.15) is 26.3 Å². The lowest BCUT2D eigenvalue weighted by Gasteiger charge is -2.19. The van der Waals surface area contributed by atoms with Gasteiger partial charge < -0.3 is 15.4 Å². The van der Waals surface area contributed by atoms with Crippen LogP contribution in [0.3, 0.4) is 0 Å². The third-order valence-corrected chi connectivity index (χ3v) is 4.49. The second kappa shape index (κ2) is 8.18. The maximum absolute atomic E-state index is 13.0.